The first-order valence-corrected chi connectivity index (χ1v) is 7.13. The summed E-state index contributed by atoms with van der Waals surface area (Å²) in [5.74, 6) is 0.610. The third kappa shape index (κ3) is 2.83. The van der Waals surface area contributed by atoms with Gasteiger partial charge >= 0.3 is 0 Å². The van der Waals surface area contributed by atoms with Crippen LogP contribution in [0.3, 0.4) is 0 Å². The second-order valence-corrected chi connectivity index (χ2v) is 5.33. The van der Waals surface area contributed by atoms with E-state index in [1.807, 2.05) is 50.2 Å². The smallest absolute Gasteiger partial charge is 0.218 e. The Morgan fingerprint density at radius 2 is 1.71 bits per heavy atom. The summed E-state index contributed by atoms with van der Waals surface area (Å²) in [6.45, 7) is 4.54. The van der Waals surface area contributed by atoms with Crippen LogP contribution < -0.4 is 4.74 Å². The lowest BCUT2D eigenvalue weighted by molar-refractivity contribution is 0.292. The van der Waals surface area contributed by atoms with Crippen molar-refractivity contribution >= 4 is 22.6 Å². The van der Waals surface area contributed by atoms with Gasteiger partial charge in [0.05, 0.1) is 0 Å². The molecule has 0 saturated heterocycles. The molecule has 0 aliphatic rings. The van der Waals surface area contributed by atoms with Crippen molar-refractivity contribution in [1.82, 2.24) is 9.97 Å². The number of hydrogen-bond donors (Lipinski definition) is 0. The zero-order chi connectivity index (χ0) is 14.8. The summed E-state index contributed by atoms with van der Waals surface area (Å²) < 4.78 is 5.86. The Hall–Kier alpha value is -2.13. The van der Waals surface area contributed by atoms with Gasteiger partial charge in [-0.25, -0.2) is 4.98 Å². The zero-order valence-corrected chi connectivity index (χ0v) is 12.7. The van der Waals surface area contributed by atoms with Gasteiger partial charge in [-0.2, -0.15) is 4.98 Å². The second-order valence-electron chi connectivity index (χ2n) is 4.95. The lowest BCUT2D eigenvalue weighted by Crippen LogP contribution is -2.02. The van der Waals surface area contributed by atoms with Crippen molar-refractivity contribution in [2.75, 3.05) is 0 Å². The van der Waals surface area contributed by atoms with Gasteiger partial charge in [-0.15, -0.1) is 0 Å². The summed E-state index contributed by atoms with van der Waals surface area (Å²) in [6.07, 6.45) is 0. The summed E-state index contributed by atoms with van der Waals surface area (Å²) in [6, 6.07) is 13.7. The minimum Gasteiger partial charge on any atom is -0.473 e. The van der Waals surface area contributed by atoms with E-state index in [1.165, 1.54) is 0 Å². The van der Waals surface area contributed by atoms with Gasteiger partial charge in [-0.3, -0.25) is 0 Å². The Morgan fingerprint density at radius 3 is 2.48 bits per heavy atom. The summed E-state index contributed by atoms with van der Waals surface area (Å²) in [5.41, 5.74) is 3.87. The molecule has 0 N–H and O–H groups in total. The lowest BCUT2D eigenvalue weighted by atomic mass is 10.1. The molecule has 0 spiro atoms. The molecule has 0 bridgehead atoms. The number of pyridine rings is 2. The van der Waals surface area contributed by atoms with Gasteiger partial charge in [0.2, 0.25) is 5.88 Å². The highest BCUT2D eigenvalue weighted by Gasteiger charge is 2.11. The van der Waals surface area contributed by atoms with E-state index in [9.17, 15) is 0 Å². The largest absolute Gasteiger partial charge is 0.473 e. The molecule has 0 amide bonds. The van der Waals surface area contributed by atoms with Crippen LogP contribution in [-0.4, -0.2) is 9.97 Å². The summed E-state index contributed by atoms with van der Waals surface area (Å²) in [7, 11) is 0. The van der Waals surface area contributed by atoms with Crippen molar-refractivity contribution in [2.45, 2.75) is 20.5 Å². The predicted molar refractivity (Wildman–Crippen MR) is 84.8 cm³/mol. The number of halogens is 1. The molecule has 3 aromatic rings. The predicted octanol–water partition coefficient (Wildman–Crippen LogP) is 4.48. The Morgan fingerprint density at radius 1 is 0.952 bits per heavy atom. The average Bonchev–Trinajstić information content (AvgIpc) is 2.50. The molecule has 0 unspecified atom stereocenters. The number of hydrogen-bond acceptors (Lipinski definition) is 3. The van der Waals surface area contributed by atoms with Crippen LogP contribution in [-0.2, 0) is 6.61 Å². The SMILES string of the molecule is Cc1c(OCc2ccccc2)nc2nc(Cl)ccc2c1C. The van der Waals surface area contributed by atoms with Crippen LogP contribution in [0.1, 0.15) is 16.7 Å². The fourth-order valence-electron chi connectivity index (χ4n) is 2.21. The molecule has 106 valence electrons. The number of nitrogens with zero attached hydrogens (tertiary/aromatic N) is 2. The number of rotatable bonds is 3. The molecule has 2 aromatic heterocycles. The van der Waals surface area contributed by atoms with Gasteiger partial charge in [-0.1, -0.05) is 41.9 Å². The fraction of sp³-hybridized carbons (Fsp3) is 0.176. The molecule has 0 radical (unpaired) electrons. The van der Waals surface area contributed by atoms with E-state index >= 15 is 0 Å². The monoisotopic (exact) mass is 298 g/mol. The first kappa shape index (κ1) is 13.8. The van der Waals surface area contributed by atoms with E-state index in [0.29, 0.717) is 23.3 Å². The Bertz CT molecular complexity index is 788. The molecule has 1 aromatic carbocycles. The lowest BCUT2D eigenvalue weighted by Gasteiger charge is -2.12. The molecule has 0 saturated carbocycles. The molecular weight excluding hydrogens is 284 g/mol. The standard InChI is InChI=1S/C17H15ClN2O/c1-11-12(2)17(21-10-13-6-4-3-5-7-13)20-16-14(11)8-9-15(18)19-16/h3-9H,10H2,1-2H3. The molecule has 21 heavy (non-hydrogen) atoms. The average molecular weight is 299 g/mol. The highest BCUT2D eigenvalue weighted by atomic mass is 35.5. The van der Waals surface area contributed by atoms with Crippen molar-refractivity contribution in [2.24, 2.45) is 0 Å². The van der Waals surface area contributed by atoms with Crippen molar-refractivity contribution in [1.29, 1.82) is 0 Å². The topological polar surface area (TPSA) is 35.0 Å². The quantitative estimate of drug-likeness (QED) is 0.669. The van der Waals surface area contributed by atoms with Crippen LogP contribution in [0, 0.1) is 13.8 Å². The summed E-state index contributed by atoms with van der Waals surface area (Å²) >= 11 is 5.94. The maximum Gasteiger partial charge on any atom is 0.218 e. The van der Waals surface area contributed by atoms with Gasteiger partial charge in [-0.05, 0) is 37.1 Å². The maximum atomic E-state index is 5.94. The molecule has 0 fully saturated rings. The van der Waals surface area contributed by atoms with Crippen LogP contribution in [0.15, 0.2) is 42.5 Å². The van der Waals surface area contributed by atoms with Gasteiger partial charge in [0.25, 0.3) is 0 Å². The van der Waals surface area contributed by atoms with E-state index in [4.69, 9.17) is 16.3 Å². The van der Waals surface area contributed by atoms with Crippen LogP contribution >= 0.6 is 11.6 Å². The van der Waals surface area contributed by atoms with Gasteiger partial charge < -0.3 is 4.74 Å². The minimum absolute atomic E-state index is 0.437. The Balaban J connectivity index is 1.96. The molecule has 3 nitrogen and oxygen atoms in total. The van der Waals surface area contributed by atoms with Crippen molar-refractivity contribution < 1.29 is 4.74 Å². The van der Waals surface area contributed by atoms with Crippen LogP contribution in [0.2, 0.25) is 5.15 Å². The van der Waals surface area contributed by atoms with E-state index in [1.54, 1.807) is 6.07 Å². The number of aryl methyl sites for hydroxylation is 1. The van der Waals surface area contributed by atoms with Gasteiger partial charge in [0.15, 0.2) is 5.65 Å². The van der Waals surface area contributed by atoms with Gasteiger partial charge in [0, 0.05) is 10.9 Å². The Kier molecular flexibility index (Phi) is 3.76. The molecule has 0 aliphatic carbocycles. The molecule has 3 rings (SSSR count). The van der Waals surface area contributed by atoms with Crippen molar-refractivity contribution in [3.63, 3.8) is 0 Å². The first-order chi connectivity index (χ1) is 10.1. The minimum atomic E-state index is 0.437. The molecular formula is C17H15ClN2O. The molecule has 4 heteroatoms. The number of benzene rings is 1. The van der Waals surface area contributed by atoms with Crippen LogP contribution in [0.5, 0.6) is 5.88 Å². The van der Waals surface area contributed by atoms with Crippen molar-refractivity contribution in [3.8, 4) is 5.88 Å². The van der Waals surface area contributed by atoms with Crippen LogP contribution in [0.25, 0.3) is 11.0 Å². The van der Waals surface area contributed by atoms with E-state index in [2.05, 4.69) is 9.97 Å². The third-order valence-corrected chi connectivity index (χ3v) is 3.76. The van der Waals surface area contributed by atoms with E-state index in [-0.39, 0.29) is 0 Å². The second kappa shape index (κ2) is 5.70. The Labute approximate surface area is 128 Å². The van der Waals surface area contributed by atoms with Crippen molar-refractivity contribution in [3.05, 3.63) is 64.3 Å². The third-order valence-electron chi connectivity index (χ3n) is 3.55. The first-order valence-electron chi connectivity index (χ1n) is 6.75. The molecule has 0 atom stereocenters. The highest BCUT2D eigenvalue weighted by Crippen LogP contribution is 2.27. The summed E-state index contributed by atoms with van der Waals surface area (Å²) in [5, 5.41) is 1.44. The number of ether oxygens (including phenoxy) is 1. The summed E-state index contributed by atoms with van der Waals surface area (Å²) in [4.78, 5) is 8.76. The zero-order valence-electron chi connectivity index (χ0n) is 11.9. The molecule has 2 heterocycles. The highest BCUT2D eigenvalue weighted by molar-refractivity contribution is 6.29. The van der Waals surface area contributed by atoms with Gasteiger partial charge in [0.1, 0.15) is 11.8 Å². The molecule has 0 aliphatic heterocycles. The maximum absolute atomic E-state index is 5.94. The fourth-order valence-corrected chi connectivity index (χ4v) is 2.36. The normalized spacial score (nSPS) is 10.8. The van der Waals surface area contributed by atoms with E-state index in [0.717, 1.165) is 22.1 Å². The number of aromatic nitrogens is 2. The van der Waals surface area contributed by atoms with E-state index < -0.39 is 0 Å². The van der Waals surface area contributed by atoms with Crippen LogP contribution in [0.4, 0.5) is 0 Å². The number of fused-ring (bicyclic) bond motifs is 1.